The number of hydrogen-bond acceptors (Lipinski definition) is 5. The topological polar surface area (TPSA) is 124 Å². The van der Waals surface area contributed by atoms with Gasteiger partial charge < -0.3 is 4.57 Å². The first kappa shape index (κ1) is 22.7. The molecule has 170 valence electrons. The van der Waals surface area contributed by atoms with Crippen LogP contribution in [-0.2, 0) is 20.0 Å². The molecule has 4 aromatic rings. The largest absolute Gasteiger partial charge is 0.318 e. The molecule has 0 unspecified atom stereocenters. The van der Waals surface area contributed by atoms with E-state index in [2.05, 4.69) is 9.93 Å². The molecule has 3 N–H and O–H groups in total. The average Bonchev–Trinajstić information content (AvgIpc) is 3.05. The van der Waals surface area contributed by atoms with Crippen LogP contribution >= 0.6 is 0 Å². The number of hydrogen-bond donors (Lipinski definition) is 2. The van der Waals surface area contributed by atoms with Gasteiger partial charge in [-0.15, -0.1) is 0 Å². The molecule has 0 aliphatic rings. The zero-order valence-electron chi connectivity index (χ0n) is 17.9. The molecule has 3 aromatic carbocycles. The zero-order chi connectivity index (χ0) is 23.8. The number of nitrogens with one attached hydrogen (secondary N) is 1. The number of hydrazone groups is 1. The first-order valence-electron chi connectivity index (χ1n) is 9.92. The molecule has 8 nitrogen and oxygen atoms in total. The lowest BCUT2D eigenvalue weighted by atomic mass is 10.1. The number of aromatic nitrogens is 1. The van der Waals surface area contributed by atoms with E-state index in [0.717, 1.165) is 27.8 Å². The minimum atomic E-state index is -3.83. The van der Waals surface area contributed by atoms with Crippen molar-refractivity contribution in [3.8, 4) is 5.69 Å². The highest BCUT2D eigenvalue weighted by atomic mass is 32.2. The predicted molar refractivity (Wildman–Crippen MR) is 128 cm³/mol. The van der Waals surface area contributed by atoms with Crippen molar-refractivity contribution in [1.29, 1.82) is 0 Å². The van der Waals surface area contributed by atoms with Gasteiger partial charge in [0.05, 0.1) is 16.0 Å². The molecule has 0 amide bonds. The van der Waals surface area contributed by atoms with Crippen molar-refractivity contribution in [2.75, 3.05) is 0 Å². The molecule has 0 atom stereocenters. The van der Waals surface area contributed by atoms with Gasteiger partial charge in [0.25, 0.3) is 10.0 Å². The molecule has 0 aliphatic heterocycles. The highest BCUT2D eigenvalue weighted by Crippen LogP contribution is 2.22. The lowest BCUT2D eigenvalue weighted by molar-refractivity contribution is 0.584. The van der Waals surface area contributed by atoms with E-state index in [1.807, 2.05) is 48.7 Å². The molecule has 1 heterocycles. The van der Waals surface area contributed by atoms with Gasteiger partial charge in [0.15, 0.2) is 0 Å². The fourth-order valence-corrected chi connectivity index (χ4v) is 4.99. The Hall–Kier alpha value is -3.47. The summed E-state index contributed by atoms with van der Waals surface area (Å²) in [5, 5.41) is 10.9. The van der Waals surface area contributed by atoms with Crippen molar-refractivity contribution < 1.29 is 16.8 Å². The molecule has 0 radical (unpaired) electrons. The molecule has 0 spiro atoms. The molecular weight excluding hydrogens is 460 g/mol. The van der Waals surface area contributed by atoms with Crippen LogP contribution in [-0.4, -0.2) is 27.6 Å². The van der Waals surface area contributed by atoms with Gasteiger partial charge >= 0.3 is 0 Å². The van der Waals surface area contributed by atoms with Gasteiger partial charge in [-0.1, -0.05) is 30.3 Å². The van der Waals surface area contributed by atoms with Crippen LogP contribution in [0.4, 0.5) is 0 Å². The maximum Gasteiger partial charge on any atom is 0.276 e. The van der Waals surface area contributed by atoms with E-state index < -0.39 is 20.0 Å². The lowest BCUT2D eigenvalue weighted by Gasteiger charge is -2.10. The number of primary sulfonamides is 1. The number of rotatable bonds is 6. The van der Waals surface area contributed by atoms with Gasteiger partial charge in [-0.05, 0) is 67.1 Å². The van der Waals surface area contributed by atoms with Crippen molar-refractivity contribution in [1.82, 2.24) is 9.40 Å². The van der Waals surface area contributed by atoms with E-state index >= 15 is 0 Å². The Labute approximate surface area is 192 Å². The minimum absolute atomic E-state index is 0.0265. The number of fused-ring (bicyclic) bond motifs is 1. The summed E-state index contributed by atoms with van der Waals surface area (Å²) in [7, 11) is -7.61. The van der Waals surface area contributed by atoms with Gasteiger partial charge in [-0.2, -0.15) is 13.5 Å². The Morgan fingerprint density at radius 2 is 1.48 bits per heavy atom. The quantitative estimate of drug-likeness (QED) is 0.323. The molecule has 0 saturated heterocycles. The first-order chi connectivity index (χ1) is 15.6. The number of aryl methyl sites for hydroxylation is 1. The number of nitrogens with zero attached hydrogens (tertiary/aromatic N) is 2. The van der Waals surface area contributed by atoms with Crippen LogP contribution in [0, 0.1) is 13.8 Å². The summed E-state index contributed by atoms with van der Waals surface area (Å²) < 4.78 is 50.2. The minimum Gasteiger partial charge on any atom is -0.318 e. The highest BCUT2D eigenvalue weighted by molar-refractivity contribution is 7.89. The van der Waals surface area contributed by atoms with E-state index in [9.17, 15) is 16.8 Å². The fourth-order valence-electron chi connectivity index (χ4n) is 3.65. The lowest BCUT2D eigenvalue weighted by Crippen LogP contribution is -2.18. The van der Waals surface area contributed by atoms with Crippen molar-refractivity contribution in [3.05, 3.63) is 89.7 Å². The third-order valence-electron chi connectivity index (χ3n) is 5.30. The monoisotopic (exact) mass is 482 g/mol. The molecule has 0 saturated carbocycles. The molecule has 0 fully saturated rings. The van der Waals surface area contributed by atoms with Crippen LogP contribution in [0.3, 0.4) is 0 Å². The Kier molecular flexibility index (Phi) is 5.83. The van der Waals surface area contributed by atoms with Gasteiger partial charge in [0, 0.05) is 22.6 Å². The Morgan fingerprint density at radius 3 is 2.15 bits per heavy atom. The summed E-state index contributed by atoms with van der Waals surface area (Å²) in [5.74, 6) is 0. The molecule has 0 aliphatic carbocycles. The van der Waals surface area contributed by atoms with E-state index in [0.29, 0.717) is 5.56 Å². The van der Waals surface area contributed by atoms with Gasteiger partial charge in [-0.3, -0.25) is 0 Å². The van der Waals surface area contributed by atoms with Crippen LogP contribution < -0.4 is 9.97 Å². The predicted octanol–water partition coefficient (Wildman–Crippen LogP) is 3.21. The first-order valence-corrected chi connectivity index (χ1v) is 12.9. The summed E-state index contributed by atoms with van der Waals surface area (Å²) in [6.45, 7) is 3.75. The van der Waals surface area contributed by atoms with Crippen LogP contribution in [0.1, 0.15) is 17.0 Å². The van der Waals surface area contributed by atoms with E-state index in [-0.39, 0.29) is 9.79 Å². The Morgan fingerprint density at radius 1 is 0.848 bits per heavy atom. The third kappa shape index (κ3) is 4.68. The summed E-state index contributed by atoms with van der Waals surface area (Å²) in [6, 6.07) is 20.4. The van der Waals surface area contributed by atoms with Gasteiger partial charge in [0.2, 0.25) is 10.0 Å². The SMILES string of the molecule is Cc1cc(/C=N/NS(=O)(=O)c2ccc3ccccc3c2)c(C)n1-c1ccc(S(N)(=O)=O)cc1. The fraction of sp³-hybridized carbons (Fsp3) is 0.0870. The maximum absolute atomic E-state index is 12.7. The second-order valence-electron chi connectivity index (χ2n) is 7.56. The Bertz CT molecular complexity index is 1590. The molecule has 0 bridgehead atoms. The van der Waals surface area contributed by atoms with E-state index in [1.165, 1.54) is 24.4 Å². The van der Waals surface area contributed by atoms with Crippen molar-refractivity contribution in [2.45, 2.75) is 23.6 Å². The van der Waals surface area contributed by atoms with Crippen LogP contribution in [0.25, 0.3) is 16.5 Å². The second kappa shape index (κ2) is 8.47. The second-order valence-corrected chi connectivity index (χ2v) is 10.8. The van der Waals surface area contributed by atoms with E-state index in [4.69, 9.17) is 5.14 Å². The number of nitrogens with two attached hydrogens (primary N) is 1. The summed E-state index contributed by atoms with van der Waals surface area (Å²) >= 11 is 0. The van der Waals surface area contributed by atoms with Crippen molar-refractivity contribution in [3.63, 3.8) is 0 Å². The van der Waals surface area contributed by atoms with Crippen LogP contribution in [0.5, 0.6) is 0 Å². The van der Waals surface area contributed by atoms with Gasteiger partial charge in [0.1, 0.15) is 0 Å². The van der Waals surface area contributed by atoms with Crippen LogP contribution in [0.2, 0.25) is 0 Å². The molecule has 10 heteroatoms. The van der Waals surface area contributed by atoms with E-state index in [1.54, 1.807) is 24.3 Å². The Balaban J connectivity index is 1.57. The summed E-state index contributed by atoms with van der Waals surface area (Å²) in [4.78, 5) is 2.41. The smallest absolute Gasteiger partial charge is 0.276 e. The maximum atomic E-state index is 12.7. The summed E-state index contributed by atoms with van der Waals surface area (Å²) in [6.07, 6.45) is 1.44. The van der Waals surface area contributed by atoms with Gasteiger partial charge in [-0.25, -0.2) is 18.4 Å². The van der Waals surface area contributed by atoms with Crippen molar-refractivity contribution in [2.24, 2.45) is 10.2 Å². The normalized spacial score (nSPS) is 12.5. The zero-order valence-corrected chi connectivity index (χ0v) is 19.6. The molecule has 4 rings (SSSR count). The summed E-state index contributed by atoms with van der Waals surface area (Å²) in [5.41, 5.74) is 3.14. The highest BCUT2D eigenvalue weighted by Gasteiger charge is 2.14. The van der Waals surface area contributed by atoms with Crippen LogP contribution in [0.15, 0.2) is 87.7 Å². The van der Waals surface area contributed by atoms with Crippen molar-refractivity contribution >= 4 is 37.0 Å². The molecule has 1 aromatic heterocycles. The average molecular weight is 483 g/mol. The standard InChI is InChI=1S/C23H22N4O4S2/c1-16-13-20(17(2)27(16)21-8-11-22(12-9-21)32(24,28)29)15-25-26-33(30,31)23-10-7-18-5-3-4-6-19(18)14-23/h3-15,26H,1-2H3,(H2,24,28,29)/b25-15+. The molecule has 33 heavy (non-hydrogen) atoms. The molecular formula is C23H22N4O4S2. The number of sulfonamides is 2. The third-order valence-corrected chi connectivity index (χ3v) is 7.45. The number of benzene rings is 3.